The minimum absolute atomic E-state index is 0.0672. The maximum absolute atomic E-state index is 12.0. The fourth-order valence-electron chi connectivity index (χ4n) is 1.85. The van der Waals surface area contributed by atoms with Gasteiger partial charge in [-0.2, -0.15) is 0 Å². The van der Waals surface area contributed by atoms with Crippen molar-refractivity contribution in [1.29, 1.82) is 0 Å². The molecule has 1 aromatic heterocycles. The summed E-state index contributed by atoms with van der Waals surface area (Å²) < 4.78 is 9.88. The number of halogens is 2. The minimum atomic E-state index is -0.789. The van der Waals surface area contributed by atoms with Crippen molar-refractivity contribution in [2.24, 2.45) is 5.73 Å². The fourth-order valence-corrected chi connectivity index (χ4v) is 3.30. The Labute approximate surface area is 156 Å². The summed E-state index contributed by atoms with van der Waals surface area (Å²) in [5, 5.41) is 4.60. The molecule has 0 aliphatic carbocycles. The van der Waals surface area contributed by atoms with Gasteiger partial charge in [-0.3, -0.25) is 9.59 Å². The number of ether oxygens (including phenoxy) is 2. The van der Waals surface area contributed by atoms with E-state index in [1.807, 2.05) is 0 Å². The Morgan fingerprint density at radius 3 is 2.44 bits per heavy atom. The van der Waals surface area contributed by atoms with E-state index in [4.69, 9.17) is 38.4 Å². The summed E-state index contributed by atoms with van der Waals surface area (Å²) in [7, 11) is 1.39. The fraction of sp³-hybridized carbons (Fsp3) is 0.133. The summed E-state index contributed by atoms with van der Waals surface area (Å²) in [5.41, 5.74) is 5.43. The van der Waals surface area contributed by atoms with Gasteiger partial charge < -0.3 is 20.5 Å². The number of methoxy groups -OCH3 is 1. The van der Waals surface area contributed by atoms with Gasteiger partial charge in [0.1, 0.15) is 5.00 Å². The number of carbonyl (C=O) groups excluding carboxylic acids is 3. The average Bonchev–Trinajstić information content (AvgIpc) is 3.00. The topological polar surface area (TPSA) is 108 Å². The quantitative estimate of drug-likeness (QED) is 0.721. The van der Waals surface area contributed by atoms with E-state index in [1.165, 1.54) is 25.3 Å². The van der Waals surface area contributed by atoms with E-state index >= 15 is 0 Å². The van der Waals surface area contributed by atoms with Crippen molar-refractivity contribution in [3.8, 4) is 5.75 Å². The number of carbonyl (C=O) groups is 3. The van der Waals surface area contributed by atoms with E-state index < -0.39 is 24.4 Å². The molecule has 0 radical (unpaired) electrons. The van der Waals surface area contributed by atoms with Crippen LogP contribution in [0.15, 0.2) is 23.6 Å². The predicted octanol–water partition coefficient (Wildman–Crippen LogP) is 2.96. The smallest absolute Gasteiger partial charge is 0.338 e. The van der Waals surface area contributed by atoms with E-state index in [1.54, 1.807) is 5.38 Å². The van der Waals surface area contributed by atoms with Crippen LogP contribution in [0.1, 0.15) is 20.7 Å². The number of hydrogen-bond donors (Lipinski definition) is 2. The highest BCUT2D eigenvalue weighted by Gasteiger charge is 2.17. The largest absolute Gasteiger partial charge is 0.494 e. The Bertz CT molecular complexity index is 814. The zero-order valence-electron chi connectivity index (χ0n) is 12.8. The summed E-state index contributed by atoms with van der Waals surface area (Å²) >= 11 is 13.0. The van der Waals surface area contributed by atoms with Gasteiger partial charge in [0.15, 0.2) is 12.4 Å². The zero-order valence-corrected chi connectivity index (χ0v) is 15.1. The van der Waals surface area contributed by atoms with Crippen LogP contribution >= 0.6 is 34.5 Å². The van der Waals surface area contributed by atoms with E-state index in [2.05, 4.69) is 5.32 Å². The van der Waals surface area contributed by atoms with Crippen LogP contribution in [0.2, 0.25) is 10.0 Å². The molecule has 132 valence electrons. The molecule has 0 saturated carbocycles. The highest BCUT2D eigenvalue weighted by molar-refractivity contribution is 7.14. The van der Waals surface area contributed by atoms with Crippen molar-refractivity contribution >= 4 is 57.3 Å². The van der Waals surface area contributed by atoms with E-state index in [0.29, 0.717) is 0 Å². The first kappa shape index (κ1) is 19.0. The van der Waals surface area contributed by atoms with Crippen molar-refractivity contribution < 1.29 is 23.9 Å². The van der Waals surface area contributed by atoms with Gasteiger partial charge in [0, 0.05) is 0 Å². The number of anilines is 1. The lowest BCUT2D eigenvalue weighted by molar-refractivity contribution is -0.119. The van der Waals surface area contributed by atoms with Crippen LogP contribution in [-0.4, -0.2) is 31.5 Å². The molecule has 7 nitrogen and oxygen atoms in total. The summed E-state index contributed by atoms with van der Waals surface area (Å²) in [5.74, 6) is -1.85. The Hall–Kier alpha value is -2.29. The van der Waals surface area contributed by atoms with Gasteiger partial charge in [-0.1, -0.05) is 23.2 Å². The second-order valence-electron chi connectivity index (χ2n) is 4.63. The van der Waals surface area contributed by atoms with Gasteiger partial charge in [-0.15, -0.1) is 11.3 Å². The molecule has 0 fully saturated rings. The standard InChI is InChI=1S/C15H12Cl2N2O5S/c1-23-12-9(16)4-7(5-10(12)17)15(22)24-6-11(20)19-14-8(13(18)21)2-3-25-14/h2-5H,6H2,1H3,(H2,18,21)(H,19,20). The Balaban J connectivity index is 1.99. The third kappa shape index (κ3) is 4.62. The molecule has 0 aliphatic heterocycles. The first-order chi connectivity index (χ1) is 11.8. The molecule has 0 aliphatic rings. The van der Waals surface area contributed by atoms with Gasteiger partial charge in [-0.05, 0) is 23.6 Å². The third-order valence-corrected chi connectivity index (χ3v) is 4.35. The SMILES string of the molecule is COc1c(Cl)cc(C(=O)OCC(=O)Nc2sccc2C(N)=O)cc1Cl. The average molecular weight is 403 g/mol. The second-order valence-corrected chi connectivity index (χ2v) is 6.36. The highest BCUT2D eigenvalue weighted by Crippen LogP contribution is 2.34. The van der Waals surface area contributed by atoms with Gasteiger partial charge in [0.2, 0.25) is 0 Å². The lowest BCUT2D eigenvalue weighted by atomic mass is 10.2. The van der Waals surface area contributed by atoms with Crippen molar-refractivity contribution in [3.05, 3.63) is 44.8 Å². The lowest BCUT2D eigenvalue weighted by Crippen LogP contribution is -2.22. The summed E-state index contributed by atoms with van der Waals surface area (Å²) in [4.78, 5) is 35.0. The number of esters is 1. The molecule has 25 heavy (non-hydrogen) atoms. The molecule has 0 saturated heterocycles. The Morgan fingerprint density at radius 1 is 1.24 bits per heavy atom. The second kappa shape index (κ2) is 8.19. The van der Waals surface area contributed by atoms with Crippen LogP contribution in [0.3, 0.4) is 0 Å². The Morgan fingerprint density at radius 2 is 1.88 bits per heavy atom. The van der Waals surface area contributed by atoms with Crippen LogP contribution in [0, 0.1) is 0 Å². The van der Waals surface area contributed by atoms with Crippen molar-refractivity contribution in [3.63, 3.8) is 0 Å². The first-order valence-corrected chi connectivity index (χ1v) is 8.34. The number of nitrogens with one attached hydrogen (secondary N) is 1. The molecular weight excluding hydrogens is 391 g/mol. The molecule has 0 unspecified atom stereocenters. The highest BCUT2D eigenvalue weighted by atomic mass is 35.5. The van der Waals surface area contributed by atoms with Gasteiger partial charge in [0.25, 0.3) is 11.8 Å². The molecule has 0 bridgehead atoms. The van der Waals surface area contributed by atoms with Crippen LogP contribution in [0.5, 0.6) is 5.75 Å². The Kier molecular flexibility index (Phi) is 6.24. The van der Waals surface area contributed by atoms with Crippen LogP contribution in [0.4, 0.5) is 5.00 Å². The van der Waals surface area contributed by atoms with Crippen LogP contribution < -0.4 is 15.8 Å². The summed E-state index contributed by atoms with van der Waals surface area (Å²) in [6, 6.07) is 4.11. The molecule has 2 amide bonds. The molecule has 10 heteroatoms. The van der Waals surface area contributed by atoms with E-state index in [-0.39, 0.29) is 31.9 Å². The third-order valence-electron chi connectivity index (χ3n) is 2.96. The molecule has 2 rings (SSSR count). The van der Waals surface area contributed by atoms with Crippen LogP contribution in [0.25, 0.3) is 0 Å². The van der Waals surface area contributed by atoms with Crippen LogP contribution in [-0.2, 0) is 9.53 Å². The molecule has 1 aromatic carbocycles. The van der Waals surface area contributed by atoms with Gasteiger partial charge in [0.05, 0.1) is 28.3 Å². The number of nitrogens with two attached hydrogens (primary N) is 1. The molecular formula is C15H12Cl2N2O5S. The molecule has 1 heterocycles. The predicted molar refractivity (Wildman–Crippen MR) is 94.8 cm³/mol. The number of benzene rings is 1. The maximum Gasteiger partial charge on any atom is 0.338 e. The molecule has 0 atom stereocenters. The minimum Gasteiger partial charge on any atom is -0.494 e. The van der Waals surface area contributed by atoms with Gasteiger partial charge >= 0.3 is 5.97 Å². The molecule has 0 spiro atoms. The number of rotatable bonds is 6. The van der Waals surface area contributed by atoms with Crippen molar-refractivity contribution in [2.45, 2.75) is 0 Å². The van der Waals surface area contributed by atoms with Gasteiger partial charge in [-0.25, -0.2) is 4.79 Å². The first-order valence-electron chi connectivity index (χ1n) is 6.70. The maximum atomic E-state index is 12.0. The lowest BCUT2D eigenvalue weighted by Gasteiger charge is -2.09. The van der Waals surface area contributed by atoms with E-state index in [0.717, 1.165) is 11.3 Å². The number of amides is 2. The van der Waals surface area contributed by atoms with E-state index in [9.17, 15) is 14.4 Å². The molecule has 3 N–H and O–H groups in total. The number of hydrogen-bond acceptors (Lipinski definition) is 6. The number of thiophene rings is 1. The van der Waals surface area contributed by atoms with Crippen molar-refractivity contribution in [2.75, 3.05) is 19.0 Å². The number of primary amides is 1. The monoisotopic (exact) mass is 402 g/mol. The molecule has 2 aromatic rings. The zero-order chi connectivity index (χ0) is 18.6. The summed E-state index contributed by atoms with van der Waals surface area (Å²) in [6.07, 6.45) is 0. The summed E-state index contributed by atoms with van der Waals surface area (Å²) in [6.45, 7) is -0.559. The van der Waals surface area contributed by atoms with Crippen molar-refractivity contribution in [1.82, 2.24) is 0 Å². The normalized spacial score (nSPS) is 10.2.